The predicted molar refractivity (Wildman–Crippen MR) is 113 cm³/mol. The highest BCUT2D eigenvalue weighted by Gasteiger charge is 2.25. The largest absolute Gasteiger partial charge is 0.352 e. The van der Waals surface area contributed by atoms with Gasteiger partial charge in [0.05, 0.1) is 4.91 Å². The van der Waals surface area contributed by atoms with Crippen molar-refractivity contribution in [3.8, 4) is 0 Å². The highest BCUT2D eigenvalue weighted by atomic mass is 32.2. The van der Waals surface area contributed by atoms with Crippen LogP contribution in [0.5, 0.6) is 0 Å². The van der Waals surface area contributed by atoms with E-state index in [4.69, 9.17) is 0 Å². The smallest absolute Gasteiger partial charge is 0.257 e. The lowest BCUT2D eigenvalue weighted by molar-refractivity contribution is -0.116. The topological polar surface area (TPSA) is 32.3 Å². The Morgan fingerprint density at radius 3 is 3.04 bits per heavy atom. The van der Waals surface area contributed by atoms with Crippen LogP contribution in [0, 0.1) is 5.92 Å². The van der Waals surface area contributed by atoms with Crippen LogP contribution in [0.1, 0.15) is 59.9 Å². The van der Waals surface area contributed by atoms with Gasteiger partial charge in [-0.25, -0.2) is 0 Å². The fourth-order valence-electron chi connectivity index (χ4n) is 4.45. The second kappa shape index (κ2) is 8.49. The van der Waals surface area contributed by atoms with Crippen molar-refractivity contribution in [2.75, 3.05) is 26.2 Å². The monoisotopic (exact) mass is 390 g/mol. The summed E-state index contributed by atoms with van der Waals surface area (Å²) in [5, 5.41) is 3.15. The molecule has 4 rings (SSSR count). The summed E-state index contributed by atoms with van der Waals surface area (Å²) in [6.07, 6.45) is 11.0. The molecular weight excluding hydrogens is 360 g/mol. The highest BCUT2D eigenvalue weighted by Crippen LogP contribution is 2.42. The Balaban J connectivity index is 1.28. The van der Waals surface area contributed by atoms with E-state index in [1.807, 2.05) is 11.3 Å². The van der Waals surface area contributed by atoms with Gasteiger partial charge in [-0.2, -0.15) is 0 Å². The lowest BCUT2D eigenvalue weighted by Gasteiger charge is -2.30. The molecule has 2 aliphatic heterocycles. The van der Waals surface area contributed by atoms with Crippen LogP contribution in [-0.2, 0) is 23.4 Å². The quantitative estimate of drug-likeness (QED) is 0.754. The number of thiophene rings is 1. The minimum Gasteiger partial charge on any atom is -0.352 e. The zero-order chi connectivity index (χ0) is 17.9. The molecule has 0 aromatic carbocycles. The van der Waals surface area contributed by atoms with E-state index in [0.717, 1.165) is 36.1 Å². The average molecular weight is 391 g/mol. The van der Waals surface area contributed by atoms with Crippen molar-refractivity contribution in [1.82, 2.24) is 10.2 Å². The lowest BCUT2D eigenvalue weighted by Crippen LogP contribution is -2.36. The first kappa shape index (κ1) is 18.6. The number of amides is 1. The van der Waals surface area contributed by atoms with Gasteiger partial charge in [0.15, 0.2) is 0 Å². The minimum atomic E-state index is 0.124. The first-order chi connectivity index (χ1) is 12.7. The third-order valence-electron chi connectivity index (χ3n) is 5.85. The summed E-state index contributed by atoms with van der Waals surface area (Å²) in [5.41, 5.74) is 3.13. The molecule has 0 radical (unpaired) electrons. The fraction of sp³-hybridized carbons (Fsp3) is 0.667. The lowest BCUT2D eigenvalue weighted by atomic mass is 9.95. The molecule has 1 saturated heterocycles. The van der Waals surface area contributed by atoms with Crippen LogP contribution < -0.4 is 5.32 Å². The van der Waals surface area contributed by atoms with Gasteiger partial charge < -0.3 is 10.2 Å². The number of carbonyl (C=O) groups excluding carboxylic acids is 1. The third kappa shape index (κ3) is 4.20. The minimum absolute atomic E-state index is 0.124. The molecule has 1 N–H and O–H groups in total. The van der Waals surface area contributed by atoms with Crippen molar-refractivity contribution < 1.29 is 4.79 Å². The summed E-state index contributed by atoms with van der Waals surface area (Å²) < 4.78 is 0. The van der Waals surface area contributed by atoms with Gasteiger partial charge in [0.25, 0.3) is 5.91 Å². The van der Waals surface area contributed by atoms with Crippen LogP contribution in [0.3, 0.4) is 0 Å². The maximum Gasteiger partial charge on any atom is 0.257 e. The molecule has 142 valence electrons. The van der Waals surface area contributed by atoms with Crippen LogP contribution in [0.25, 0.3) is 6.08 Å². The molecule has 3 nitrogen and oxygen atoms in total. The Hall–Kier alpha value is -0.780. The summed E-state index contributed by atoms with van der Waals surface area (Å²) in [6.45, 7) is 6.69. The molecule has 5 heteroatoms. The molecule has 1 aromatic heterocycles. The second-order valence-corrected chi connectivity index (χ2v) is 10.2. The van der Waals surface area contributed by atoms with Gasteiger partial charge >= 0.3 is 0 Å². The van der Waals surface area contributed by atoms with Gasteiger partial charge in [-0.05, 0) is 81.2 Å². The van der Waals surface area contributed by atoms with E-state index in [2.05, 4.69) is 23.2 Å². The van der Waals surface area contributed by atoms with E-state index in [0.29, 0.717) is 0 Å². The number of fused-ring (bicyclic) bond motifs is 3. The van der Waals surface area contributed by atoms with E-state index in [-0.39, 0.29) is 5.91 Å². The van der Waals surface area contributed by atoms with Crippen molar-refractivity contribution >= 4 is 35.1 Å². The van der Waals surface area contributed by atoms with E-state index in [9.17, 15) is 4.79 Å². The Kier molecular flexibility index (Phi) is 6.07. The van der Waals surface area contributed by atoms with Crippen LogP contribution in [0.4, 0.5) is 0 Å². The number of piperidine rings is 1. The molecule has 1 aliphatic carbocycles. The molecule has 26 heavy (non-hydrogen) atoms. The number of thioether (sulfide) groups is 1. The molecular formula is C21H30N2OS2. The van der Waals surface area contributed by atoms with Crippen LogP contribution in [0.15, 0.2) is 4.91 Å². The zero-order valence-electron chi connectivity index (χ0n) is 15.8. The summed E-state index contributed by atoms with van der Waals surface area (Å²) in [4.78, 5) is 18.9. The van der Waals surface area contributed by atoms with Crippen LogP contribution >= 0.6 is 23.1 Å². The van der Waals surface area contributed by atoms with Gasteiger partial charge in [-0.3, -0.25) is 4.79 Å². The molecule has 0 saturated carbocycles. The van der Waals surface area contributed by atoms with Crippen molar-refractivity contribution in [1.29, 1.82) is 0 Å². The SMILES string of the molecule is C[C@H]1CCCN(CCCNC(=O)C2=Cc3sc4c(c3CS2)CCCC4)C1. The highest BCUT2D eigenvalue weighted by molar-refractivity contribution is 8.03. The van der Waals surface area contributed by atoms with Gasteiger partial charge in [-0.1, -0.05) is 6.92 Å². The fourth-order valence-corrected chi connectivity index (χ4v) is 7.01. The van der Waals surface area contributed by atoms with Crippen molar-refractivity contribution in [3.63, 3.8) is 0 Å². The first-order valence-corrected chi connectivity index (χ1v) is 12.0. The summed E-state index contributed by atoms with van der Waals surface area (Å²) in [7, 11) is 0. The van der Waals surface area contributed by atoms with Gasteiger partial charge in [0, 0.05) is 28.6 Å². The van der Waals surface area contributed by atoms with Crippen molar-refractivity contribution in [2.24, 2.45) is 5.92 Å². The molecule has 0 unspecified atom stereocenters. The summed E-state index contributed by atoms with van der Waals surface area (Å²) in [5.74, 6) is 1.93. The van der Waals surface area contributed by atoms with Crippen molar-refractivity contribution in [2.45, 2.75) is 57.6 Å². The molecule has 1 aromatic rings. The molecule has 1 atom stereocenters. The zero-order valence-corrected chi connectivity index (χ0v) is 17.4. The van der Waals surface area contributed by atoms with Crippen LogP contribution in [0.2, 0.25) is 0 Å². The maximum atomic E-state index is 12.5. The number of likely N-dealkylation sites (tertiary alicyclic amines) is 1. The second-order valence-electron chi connectivity index (χ2n) is 8.01. The molecule has 0 spiro atoms. The Bertz CT molecular complexity index is 694. The van der Waals surface area contributed by atoms with Gasteiger partial charge in [0.2, 0.25) is 0 Å². The standard InChI is InChI=1S/C21H30N2OS2/c1-15-6-4-10-23(13-15)11-5-9-22-21(24)20-12-19-17(14-25-20)16-7-2-3-8-18(16)26-19/h12,15H,2-11,13-14H2,1H3,(H,22,24)/t15-/m0/s1. The van der Waals surface area contributed by atoms with Gasteiger partial charge in [-0.15, -0.1) is 23.1 Å². The molecule has 3 heterocycles. The van der Waals surface area contributed by atoms with Crippen LogP contribution in [-0.4, -0.2) is 37.0 Å². The molecule has 1 amide bonds. The molecule has 1 fully saturated rings. The number of carbonyl (C=O) groups is 1. The average Bonchev–Trinajstić information content (AvgIpc) is 3.03. The molecule has 0 bridgehead atoms. The van der Waals surface area contributed by atoms with Crippen molar-refractivity contribution in [3.05, 3.63) is 25.8 Å². The molecule has 3 aliphatic rings. The van der Waals surface area contributed by atoms with E-state index in [1.165, 1.54) is 62.1 Å². The maximum absolute atomic E-state index is 12.5. The number of nitrogens with one attached hydrogen (secondary N) is 1. The van der Waals surface area contributed by atoms with E-state index >= 15 is 0 Å². The number of aryl methyl sites for hydroxylation is 1. The summed E-state index contributed by atoms with van der Waals surface area (Å²) >= 11 is 3.65. The Morgan fingerprint density at radius 2 is 2.15 bits per heavy atom. The summed E-state index contributed by atoms with van der Waals surface area (Å²) in [6, 6.07) is 0. The Morgan fingerprint density at radius 1 is 1.27 bits per heavy atom. The first-order valence-electron chi connectivity index (χ1n) is 10.2. The number of nitrogens with zero attached hydrogens (tertiary/aromatic N) is 1. The number of rotatable bonds is 5. The van der Waals surface area contributed by atoms with Gasteiger partial charge in [0.1, 0.15) is 0 Å². The third-order valence-corrected chi connectivity index (χ3v) is 8.18. The van der Waals surface area contributed by atoms with E-state index in [1.54, 1.807) is 22.2 Å². The number of hydrogen-bond donors (Lipinski definition) is 1. The van der Waals surface area contributed by atoms with E-state index < -0.39 is 0 Å². The normalized spacial score (nSPS) is 23.1. The number of hydrogen-bond acceptors (Lipinski definition) is 4. The predicted octanol–water partition coefficient (Wildman–Crippen LogP) is 4.45. The Labute approximate surface area is 165 Å².